The molecule has 2 aromatic rings. The number of aliphatic hydroxyl groups is 1. The maximum absolute atomic E-state index is 12.9. The lowest BCUT2D eigenvalue weighted by Gasteiger charge is -2.14. The van der Waals surface area contributed by atoms with E-state index in [-0.39, 0.29) is 17.3 Å². The zero-order chi connectivity index (χ0) is 14.0. The smallest absolute Gasteiger partial charge is 0.129 e. The first-order valence-electron chi connectivity index (χ1n) is 5.50. The molecule has 0 spiro atoms. The lowest BCUT2D eigenvalue weighted by atomic mass is 10.0. The molecule has 0 radical (unpaired) electrons. The van der Waals surface area contributed by atoms with Crippen molar-refractivity contribution in [1.82, 2.24) is 4.98 Å². The van der Waals surface area contributed by atoms with Gasteiger partial charge in [0.15, 0.2) is 0 Å². The molecule has 0 aliphatic carbocycles. The van der Waals surface area contributed by atoms with Crippen molar-refractivity contribution in [3.63, 3.8) is 0 Å². The number of halogens is 3. The molecule has 0 aliphatic rings. The van der Waals surface area contributed by atoms with Crippen molar-refractivity contribution in [3.8, 4) is 0 Å². The quantitative estimate of drug-likeness (QED) is 0.913. The highest BCUT2D eigenvalue weighted by atomic mass is 35.5. The monoisotopic (exact) mass is 300 g/mol. The highest BCUT2D eigenvalue weighted by Gasteiger charge is 2.15. The largest absolute Gasteiger partial charge is 0.388 e. The molecule has 1 aromatic heterocycles. The van der Waals surface area contributed by atoms with Gasteiger partial charge in [-0.3, -0.25) is 0 Å². The fraction of sp³-hybridized carbons (Fsp3) is 0.154. The van der Waals surface area contributed by atoms with Gasteiger partial charge in [-0.1, -0.05) is 29.3 Å². The molecule has 1 atom stereocenters. The van der Waals surface area contributed by atoms with Gasteiger partial charge in [0.05, 0.1) is 11.1 Å². The van der Waals surface area contributed by atoms with Crippen molar-refractivity contribution in [2.45, 2.75) is 12.5 Å². The summed E-state index contributed by atoms with van der Waals surface area (Å²) >= 11 is 11.7. The number of rotatable bonds is 3. The molecule has 19 heavy (non-hydrogen) atoms. The summed E-state index contributed by atoms with van der Waals surface area (Å²) in [4.78, 5) is 3.87. The Labute approximate surface area is 119 Å². The first kappa shape index (κ1) is 14.1. The molecule has 0 aliphatic heterocycles. The summed E-state index contributed by atoms with van der Waals surface area (Å²) in [6, 6.07) is 5.55. The topological polar surface area (TPSA) is 59.1 Å². The van der Waals surface area contributed by atoms with E-state index in [1.165, 1.54) is 24.4 Å². The van der Waals surface area contributed by atoms with Gasteiger partial charge in [0.1, 0.15) is 11.6 Å². The summed E-state index contributed by atoms with van der Waals surface area (Å²) in [6.45, 7) is 0. The van der Waals surface area contributed by atoms with E-state index in [1.54, 1.807) is 6.07 Å². The maximum Gasteiger partial charge on any atom is 0.129 e. The van der Waals surface area contributed by atoms with E-state index in [0.29, 0.717) is 16.1 Å². The fourth-order valence-electron chi connectivity index (χ4n) is 1.74. The molecule has 1 heterocycles. The van der Waals surface area contributed by atoms with Crippen LogP contribution in [0.15, 0.2) is 30.5 Å². The number of nitrogen functional groups attached to an aromatic ring is 1. The number of hydrogen-bond acceptors (Lipinski definition) is 3. The van der Waals surface area contributed by atoms with E-state index < -0.39 is 11.9 Å². The zero-order valence-corrected chi connectivity index (χ0v) is 11.3. The fourth-order valence-corrected chi connectivity index (χ4v) is 2.15. The third-order valence-corrected chi connectivity index (χ3v) is 3.26. The summed E-state index contributed by atoms with van der Waals surface area (Å²) in [5.74, 6) is -0.220. The van der Waals surface area contributed by atoms with Gasteiger partial charge < -0.3 is 10.8 Å². The van der Waals surface area contributed by atoms with Gasteiger partial charge in [0, 0.05) is 23.2 Å². The molecular weight excluding hydrogens is 290 g/mol. The second-order valence-electron chi connectivity index (χ2n) is 4.08. The third-order valence-electron chi connectivity index (χ3n) is 2.70. The van der Waals surface area contributed by atoms with Crippen LogP contribution in [0.3, 0.4) is 0 Å². The van der Waals surface area contributed by atoms with Crippen LogP contribution < -0.4 is 5.73 Å². The Morgan fingerprint density at radius 1 is 1.32 bits per heavy atom. The van der Waals surface area contributed by atoms with Crippen molar-refractivity contribution in [3.05, 3.63) is 57.5 Å². The van der Waals surface area contributed by atoms with Crippen LogP contribution in [0.2, 0.25) is 10.0 Å². The zero-order valence-electron chi connectivity index (χ0n) is 9.78. The van der Waals surface area contributed by atoms with Crippen LogP contribution in [0.1, 0.15) is 17.2 Å². The Bertz CT molecular complexity index is 607. The standard InChI is InChI=1S/C13H11Cl2FN2O/c14-8-4-10(13(17)18-6-8)12(19)3-7-1-2-9(16)5-11(7)15/h1-2,4-6,12,19H,3H2,(H2,17,18). The van der Waals surface area contributed by atoms with E-state index in [9.17, 15) is 9.50 Å². The van der Waals surface area contributed by atoms with Crippen LogP contribution in [-0.2, 0) is 6.42 Å². The number of benzene rings is 1. The summed E-state index contributed by atoms with van der Waals surface area (Å²) in [5.41, 5.74) is 6.73. The highest BCUT2D eigenvalue weighted by molar-refractivity contribution is 6.31. The molecule has 0 saturated carbocycles. The average molecular weight is 301 g/mol. The molecule has 0 saturated heterocycles. The Balaban J connectivity index is 2.25. The van der Waals surface area contributed by atoms with Crippen LogP contribution >= 0.6 is 23.2 Å². The summed E-state index contributed by atoms with van der Waals surface area (Å²) < 4.78 is 12.9. The molecule has 3 N–H and O–H groups in total. The van der Waals surface area contributed by atoms with Crippen molar-refractivity contribution < 1.29 is 9.50 Å². The minimum absolute atomic E-state index is 0.200. The van der Waals surface area contributed by atoms with Gasteiger partial charge in [0.2, 0.25) is 0 Å². The van der Waals surface area contributed by atoms with Crippen LogP contribution in [0.5, 0.6) is 0 Å². The molecule has 1 unspecified atom stereocenters. The van der Waals surface area contributed by atoms with E-state index in [0.717, 1.165) is 0 Å². The van der Waals surface area contributed by atoms with Crippen LogP contribution in [0.4, 0.5) is 10.2 Å². The van der Waals surface area contributed by atoms with Crippen LogP contribution in [-0.4, -0.2) is 10.1 Å². The van der Waals surface area contributed by atoms with Gasteiger partial charge in [-0.05, 0) is 23.8 Å². The number of anilines is 1. The lowest BCUT2D eigenvalue weighted by molar-refractivity contribution is 0.179. The van der Waals surface area contributed by atoms with E-state index in [1.807, 2.05) is 0 Å². The van der Waals surface area contributed by atoms with E-state index in [4.69, 9.17) is 28.9 Å². The normalized spacial score (nSPS) is 12.4. The second-order valence-corrected chi connectivity index (χ2v) is 4.93. The summed E-state index contributed by atoms with van der Waals surface area (Å²) in [6.07, 6.45) is 0.692. The van der Waals surface area contributed by atoms with E-state index >= 15 is 0 Å². The summed E-state index contributed by atoms with van der Waals surface area (Å²) in [5, 5.41) is 10.8. The van der Waals surface area contributed by atoms with Crippen molar-refractivity contribution >= 4 is 29.0 Å². The first-order valence-corrected chi connectivity index (χ1v) is 6.26. The van der Waals surface area contributed by atoms with Crippen LogP contribution in [0.25, 0.3) is 0 Å². The molecule has 1 aromatic carbocycles. The number of aromatic nitrogens is 1. The number of nitrogens with two attached hydrogens (primary N) is 1. The molecule has 6 heteroatoms. The number of aliphatic hydroxyl groups excluding tert-OH is 1. The SMILES string of the molecule is Nc1ncc(Cl)cc1C(O)Cc1ccc(F)cc1Cl. The van der Waals surface area contributed by atoms with Gasteiger partial charge in [-0.2, -0.15) is 0 Å². The predicted molar refractivity (Wildman–Crippen MR) is 73.7 cm³/mol. The number of nitrogens with zero attached hydrogens (tertiary/aromatic N) is 1. The molecule has 0 fully saturated rings. The molecule has 100 valence electrons. The number of hydrogen-bond donors (Lipinski definition) is 2. The Hall–Kier alpha value is -1.36. The first-order chi connectivity index (χ1) is 8.97. The maximum atomic E-state index is 12.9. The minimum Gasteiger partial charge on any atom is -0.388 e. The van der Waals surface area contributed by atoms with Gasteiger partial charge >= 0.3 is 0 Å². The van der Waals surface area contributed by atoms with Gasteiger partial charge in [0.25, 0.3) is 0 Å². The number of pyridine rings is 1. The van der Waals surface area contributed by atoms with Crippen molar-refractivity contribution in [2.24, 2.45) is 0 Å². The van der Waals surface area contributed by atoms with Crippen molar-refractivity contribution in [1.29, 1.82) is 0 Å². The van der Waals surface area contributed by atoms with Crippen LogP contribution in [0, 0.1) is 5.82 Å². The average Bonchev–Trinajstić information content (AvgIpc) is 2.35. The molecule has 0 amide bonds. The third kappa shape index (κ3) is 3.35. The lowest BCUT2D eigenvalue weighted by Crippen LogP contribution is -2.07. The minimum atomic E-state index is -0.908. The molecule has 2 rings (SSSR count). The Kier molecular flexibility index (Phi) is 4.24. The van der Waals surface area contributed by atoms with Gasteiger partial charge in [-0.15, -0.1) is 0 Å². The predicted octanol–water partition coefficient (Wildman–Crippen LogP) is 3.39. The molecular formula is C13H11Cl2FN2O. The summed E-state index contributed by atoms with van der Waals surface area (Å²) in [7, 11) is 0. The van der Waals surface area contributed by atoms with Crippen molar-refractivity contribution in [2.75, 3.05) is 5.73 Å². The van der Waals surface area contributed by atoms with E-state index in [2.05, 4.69) is 4.98 Å². The Morgan fingerprint density at radius 3 is 2.74 bits per heavy atom. The highest BCUT2D eigenvalue weighted by Crippen LogP contribution is 2.27. The second kappa shape index (κ2) is 5.74. The molecule has 3 nitrogen and oxygen atoms in total. The van der Waals surface area contributed by atoms with Gasteiger partial charge in [-0.25, -0.2) is 9.37 Å². The Morgan fingerprint density at radius 2 is 2.05 bits per heavy atom. The molecule has 0 bridgehead atoms.